The van der Waals surface area contributed by atoms with Crippen molar-refractivity contribution in [2.75, 3.05) is 24.7 Å². The lowest BCUT2D eigenvalue weighted by molar-refractivity contribution is 0.252. The van der Waals surface area contributed by atoms with E-state index in [1.54, 1.807) is 6.07 Å². The Balaban J connectivity index is 2.32. The topological polar surface area (TPSA) is 113 Å². The first-order valence-corrected chi connectivity index (χ1v) is 8.52. The molecule has 21 heavy (non-hydrogen) atoms. The molecular formula is C13H22N4O3S. The molecule has 1 unspecified atom stereocenters. The van der Waals surface area contributed by atoms with Crippen molar-refractivity contribution in [2.24, 2.45) is 5.73 Å². The van der Waals surface area contributed by atoms with Crippen molar-refractivity contribution in [3.63, 3.8) is 0 Å². The smallest absolute Gasteiger partial charge is 0.319 e. The van der Waals surface area contributed by atoms with Gasteiger partial charge in [0.1, 0.15) is 0 Å². The van der Waals surface area contributed by atoms with E-state index in [0.29, 0.717) is 25.2 Å². The highest BCUT2D eigenvalue weighted by molar-refractivity contribution is 7.88. The molecule has 1 rings (SSSR count). The molecule has 0 spiro atoms. The number of nitrogens with two attached hydrogens (primary N) is 1. The highest BCUT2D eigenvalue weighted by atomic mass is 32.2. The van der Waals surface area contributed by atoms with Crippen molar-refractivity contribution < 1.29 is 13.2 Å². The van der Waals surface area contributed by atoms with Gasteiger partial charge in [-0.15, -0.1) is 0 Å². The minimum Gasteiger partial charge on any atom is -0.338 e. The van der Waals surface area contributed by atoms with Crippen LogP contribution in [0.25, 0.3) is 0 Å². The highest BCUT2D eigenvalue weighted by Gasteiger charge is 2.04. The first-order valence-electron chi connectivity index (χ1n) is 6.63. The third kappa shape index (κ3) is 7.64. The summed E-state index contributed by atoms with van der Waals surface area (Å²) in [5, 5.41) is 5.35. The number of hydrogen-bond acceptors (Lipinski definition) is 4. The van der Waals surface area contributed by atoms with Gasteiger partial charge in [0.25, 0.3) is 0 Å². The summed E-state index contributed by atoms with van der Waals surface area (Å²) < 4.78 is 24.0. The van der Waals surface area contributed by atoms with Crippen LogP contribution in [0.3, 0.4) is 0 Å². The van der Waals surface area contributed by atoms with E-state index in [-0.39, 0.29) is 12.1 Å². The average Bonchev–Trinajstić information content (AvgIpc) is 2.37. The number of rotatable bonds is 7. The molecule has 7 nitrogen and oxygen atoms in total. The van der Waals surface area contributed by atoms with E-state index >= 15 is 0 Å². The van der Waals surface area contributed by atoms with Gasteiger partial charge in [-0.05, 0) is 31.0 Å². The van der Waals surface area contributed by atoms with Gasteiger partial charge >= 0.3 is 6.03 Å². The van der Waals surface area contributed by atoms with Crippen molar-refractivity contribution >= 4 is 21.7 Å². The summed E-state index contributed by atoms with van der Waals surface area (Å²) in [5.41, 5.74) is 7.38. The number of carbonyl (C=O) groups is 1. The minimum atomic E-state index is -3.18. The molecule has 118 valence electrons. The van der Waals surface area contributed by atoms with Crippen molar-refractivity contribution in [2.45, 2.75) is 19.4 Å². The third-order valence-corrected chi connectivity index (χ3v) is 3.40. The summed E-state index contributed by atoms with van der Waals surface area (Å²) >= 11 is 0. The Morgan fingerprint density at radius 1 is 1.33 bits per heavy atom. The molecule has 1 aromatic carbocycles. The predicted molar refractivity (Wildman–Crippen MR) is 83.5 cm³/mol. The van der Waals surface area contributed by atoms with Crippen molar-refractivity contribution in [3.8, 4) is 0 Å². The molecule has 5 N–H and O–H groups in total. The predicted octanol–water partition coefficient (Wildman–Crippen LogP) is 0.767. The number of sulfonamides is 1. The van der Waals surface area contributed by atoms with Crippen LogP contribution in [-0.2, 0) is 10.0 Å². The number of anilines is 1. The van der Waals surface area contributed by atoms with Crippen LogP contribution in [0.15, 0.2) is 24.3 Å². The van der Waals surface area contributed by atoms with Gasteiger partial charge < -0.3 is 16.4 Å². The molecule has 0 aliphatic rings. The number of hydrogen-bond donors (Lipinski definition) is 4. The zero-order valence-corrected chi connectivity index (χ0v) is 13.0. The SMILES string of the molecule is CC(N)c1cccc(NC(=O)NCCCNS(C)(=O)=O)c1. The average molecular weight is 314 g/mol. The van der Waals surface area contributed by atoms with Crippen LogP contribution < -0.4 is 21.1 Å². The normalized spacial score (nSPS) is 12.7. The van der Waals surface area contributed by atoms with Gasteiger partial charge in [-0.2, -0.15) is 0 Å². The Morgan fingerprint density at radius 3 is 2.67 bits per heavy atom. The second-order valence-electron chi connectivity index (χ2n) is 4.82. The quantitative estimate of drug-likeness (QED) is 0.557. The van der Waals surface area contributed by atoms with Gasteiger partial charge in [0.15, 0.2) is 0 Å². The highest BCUT2D eigenvalue weighted by Crippen LogP contribution is 2.15. The summed E-state index contributed by atoms with van der Waals surface area (Å²) in [6.07, 6.45) is 1.61. The van der Waals surface area contributed by atoms with E-state index < -0.39 is 10.0 Å². The number of carbonyl (C=O) groups excluding carboxylic acids is 1. The molecule has 1 atom stereocenters. The maximum absolute atomic E-state index is 11.7. The van der Waals surface area contributed by atoms with Gasteiger partial charge in [-0.3, -0.25) is 0 Å². The van der Waals surface area contributed by atoms with Crippen molar-refractivity contribution in [1.29, 1.82) is 0 Å². The van der Waals surface area contributed by atoms with E-state index in [9.17, 15) is 13.2 Å². The molecule has 2 amide bonds. The van der Waals surface area contributed by atoms with E-state index in [0.717, 1.165) is 11.8 Å². The summed E-state index contributed by atoms with van der Waals surface area (Å²) in [6, 6.07) is 6.87. The molecule has 0 fully saturated rings. The monoisotopic (exact) mass is 314 g/mol. The summed E-state index contributed by atoms with van der Waals surface area (Å²) in [6.45, 7) is 2.54. The summed E-state index contributed by atoms with van der Waals surface area (Å²) in [5.74, 6) is 0. The number of nitrogens with one attached hydrogen (secondary N) is 3. The molecule has 0 radical (unpaired) electrons. The Hall–Kier alpha value is -1.64. The third-order valence-electron chi connectivity index (χ3n) is 2.67. The Kier molecular flexibility index (Phi) is 6.60. The molecule has 0 bridgehead atoms. The maximum Gasteiger partial charge on any atom is 0.319 e. The molecule has 0 saturated heterocycles. The minimum absolute atomic E-state index is 0.100. The molecule has 8 heteroatoms. The molecule has 0 aliphatic heterocycles. The van der Waals surface area contributed by atoms with Crippen LogP contribution in [0.5, 0.6) is 0 Å². The number of benzene rings is 1. The lowest BCUT2D eigenvalue weighted by atomic mass is 10.1. The van der Waals surface area contributed by atoms with Crippen LogP contribution in [-0.4, -0.2) is 33.8 Å². The first-order chi connectivity index (χ1) is 9.78. The second-order valence-corrected chi connectivity index (χ2v) is 6.65. The van der Waals surface area contributed by atoms with Gasteiger partial charge in [0, 0.05) is 24.8 Å². The standard InChI is InChI=1S/C13H22N4O3S/c1-10(14)11-5-3-6-12(9-11)17-13(18)15-7-4-8-16-21(2,19)20/h3,5-6,9-10,16H,4,7-8,14H2,1-2H3,(H2,15,17,18). The summed E-state index contributed by atoms with van der Waals surface area (Å²) in [7, 11) is -3.18. The van der Waals surface area contributed by atoms with Gasteiger partial charge in [-0.25, -0.2) is 17.9 Å². The fourth-order valence-corrected chi connectivity index (χ4v) is 2.14. The Morgan fingerprint density at radius 2 is 2.05 bits per heavy atom. The first kappa shape index (κ1) is 17.4. The molecule has 0 aliphatic carbocycles. The van der Waals surface area contributed by atoms with Gasteiger partial charge in [0.2, 0.25) is 10.0 Å². The zero-order valence-electron chi connectivity index (χ0n) is 12.2. The van der Waals surface area contributed by atoms with Crippen molar-refractivity contribution in [3.05, 3.63) is 29.8 Å². The van der Waals surface area contributed by atoms with E-state index in [4.69, 9.17) is 5.73 Å². The molecular weight excluding hydrogens is 292 g/mol. The fourth-order valence-electron chi connectivity index (χ4n) is 1.62. The molecule has 1 aromatic rings. The van der Waals surface area contributed by atoms with Crippen LogP contribution >= 0.6 is 0 Å². The second kappa shape index (κ2) is 7.96. The van der Waals surface area contributed by atoms with E-state index in [1.165, 1.54) is 0 Å². The zero-order chi connectivity index (χ0) is 15.9. The Labute approximate surface area is 125 Å². The number of urea groups is 1. The van der Waals surface area contributed by atoms with Crippen LogP contribution in [0.4, 0.5) is 10.5 Å². The van der Waals surface area contributed by atoms with Gasteiger partial charge in [0.05, 0.1) is 6.26 Å². The van der Waals surface area contributed by atoms with E-state index in [1.807, 2.05) is 25.1 Å². The van der Waals surface area contributed by atoms with Crippen LogP contribution in [0, 0.1) is 0 Å². The molecule has 0 saturated carbocycles. The molecule has 0 aromatic heterocycles. The van der Waals surface area contributed by atoms with Crippen LogP contribution in [0.2, 0.25) is 0 Å². The maximum atomic E-state index is 11.7. The Bertz CT molecular complexity index is 573. The fraction of sp³-hybridized carbons (Fsp3) is 0.462. The lowest BCUT2D eigenvalue weighted by Gasteiger charge is -2.10. The van der Waals surface area contributed by atoms with Crippen molar-refractivity contribution in [1.82, 2.24) is 10.0 Å². The van der Waals surface area contributed by atoms with E-state index in [2.05, 4.69) is 15.4 Å². The summed E-state index contributed by atoms with van der Waals surface area (Å²) in [4.78, 5) is 11.7. The van der Waals surface area contributed by atoms with Gasteiger partial charge in [-0.1, -0.05) is 12.1 Å². The van der Waals surface area contributed by atoms with Crippen LogP contribution in [0.1, 0.15) is 24.9 Å². The number of amides is 2. The lowest BCUT2D eigenvalue weighted by Crippen LogP contribution is -2.32. The molecule has 0 heterocycles. The largest absolute Gasteiger partial charge is 0.338 e.